The molecule has 19 heavy (non-hydrogen) atoms. The quantitative estimate of drug-likeness (QED) is 0.365. The summed E-state index contributed by atoms with van der Waals surface area (Å²) < 4.78 is 0. The van der Waals surface area contributed by atoms with Crippen molar-refractivity contribution in [2.45, 2.75) is 25.3 Å². The fourth-order valence-electron chi connectivity index (χ4n) is 3.18. The van der Waals surface area contributed by atoms with Crippen molar-refractivity contribution in [3.8, 4) is 0 Å². The van der Waals surface area contributed by atoms with Gasteiger partial charge in [0.25, 0.3) is 5.91 Å². The van der Waals surface area contributed by atoms with E-state index in [1.807, 2.05) is 4.90 Å². The average molecular weight is 259 g/mol. The molecule has 5 nitrogen and oxygen atoms in total. The van der Waals surface area contributed by atoms with Gasteiger partial charge >= 0.3 is 0 Å². The first-order valence-electron chi connectivity index (χ1n) is 6.58. The molecule has 0 aromatic heterocycles. The van der Waals surface area contributed by atoms with E-state index >= 15 is 0 Å². The summed E-state index contributed by atoms with van der Waals surface area (Å²) in [6.45, 7) is 0.894. The Labute approximate surface area is 111 Å². The first-order chi connectivity index (χ1) is 9.19. The van der Waals surface area contributed by atoms with E-state index in [1.54, 1.807) is 24.3 Å². The zero-order valence-electron chi connectivity index (χ0n) is 10.6. The van der Waals surface area contributed by atoms with E-state index in [1.165, 1.54) is 6.42 Å². The normalized spacial score (nSPS) is 25.9. The number of benzene rings is 1. The minimum absolute atomic E-state index is 0.0548. The van der Waals surface area contributed by atoms with Crippen LogP contribution in [0.1, 0.15) is 35.2 Å². The van der Waals surface area contributed by atoms with Crippen molar-refractivity contribution in [1.82, 2.24) is 4.90 Å². The molecule has 1 aliphatic heterocycles. The maximum Gasteiger partial charge on any atom is 0.254 e. The number of nitrogens with zero attached hydrogens (tertiary/aromatic N) is 2. The van der Waals surface area contributed by atoms with Gasteiger partial charge in [0.05, 0.1) is 0 Å². The molecule has 0 radical (unpaired) electrons. The van der Waals surface area contributed by atoms with Crippen LogP contribution in [0.4, 0.5) is 0 Å². The van der Waals surface area contributed by atoms with Gasteiger partial charge in [-0.1, -0.05) is 17.3 Å². The highest BCUT2D eigenvalue weighted by atomic mass is 16.4. The van der Waals surface area contributed by atoms with Crippen molar-refractivity contribution in [2.75, 3.05) is 6.54 Å². The van der Waals surface area contributed by atoms with E-state index in [9.17, 15) is 4.79 Å². The Morgan fingerprint density at radius 3 is 2.47 bits per heavy atom. The highest BCUT2D eigenvalue weighted by Gasteiger charge is 2.40. The lowest BCUT2D eigenvalue weighted by Crippen LogP contribution is -2.37. The van der Waals surface area contributed by atoms with E-state index in [0.29, 0.717) is 23.1 Å². The van der Waals surface area contributed by atoms with Gasteiger partial charge in [0.15, 0.2) is 5.84 Å². The van der Waals surface area contributed by atoms with Gasteiger partial charge in [-0.2, -0.15) is 0 Å². The summed E-state index contributed by atoms with van der Waals surface area (Å²) >= 11 is 0. The fourth-order valence-corrected chi connectivity index (χ4v) is 3.18. The lowest BCUT2D eigenvalue weighted by Gasteiger charge is -2.27. The minimum Gasteiger partial charge on any atom is -0.409 e. The number of hydrogen-bond donors (Lipinski definition) is 2. The molecular weight excluding hydrogens is 242 g/mol. The van der Waals surface area contributed by atoms with Crippen LogP contribution in [0.3, 0.4) is 0 Å². The summed E-state index contributed by atoms with van der Waals surface area (Å²) in [4.78, 5) is 14.4. The third kappa shape index (κ3) is 2.05. The van der Waals surface area contributed by atoms with Crippen LogP contribution < -0.4 is 5.73 Å². The molecule has 2 atom stereocenters. The third-order valence-corrected chi connectivity index (χ3v) is 4.21. The molecule has 1 heterocycles. The van der Waals surface area contributed by atoms with Crippen molar-refractivity contribution in [3.63, 3.8) is 0 Å². The molecule has 2 fully saturated rings. The summed E-state index contributed by atoms with van der Waals surface area (Å²) in [5.74, 6) is 0.850. The van der Waals surface area contributed by atoms with E-state index in [0.717, 1.165) is 19.4 Å². The lowest BCUT2D eigenvalue weighted by molar-refractivity contribution is 0.0703. The summed E-state index contributed by atoms with van der Waals surface area (Å²) in [7, 11) is 0. The van der Waals surface area contributed by atoms with Crippen molar-refractivity contribution in [3.05, 3.63) is 35.4 Å². The molecule has 100 valence electrons. The number of amides is 1. The number of amidine groups is 1. The van der Waals surface area contributed by atoms with Crippen molar-refractivity contribution < 1.29 is 10.0 Å². The van der Waals surface area contributed by atoms with Crippen molar-refractivity contribution in [2.24, 2.45) is 16.8 Å². The van der Waals surface area contributed by atoms with Gasteiger partial charge < -0.3 is 15.8 Å². The standard InChI is InChI=1S/C14H17N3O2/c15-13(16-19)10-2-4-11(5-3-10)14(18)17-8-9-1-6-12(17)7-9/h2-5,9,12,19H,1,6-8H2,(H2,15,16). The molecule has 1 aromatic carbocycles. The maximum absolute atomic E-state index is 12.4. The number of oxime groups is 1. The van der Waals surface area contributed by atoms with Crippen LogP contribution in [0.5, 0.6) is 0 Å². The molecule has 1 aromatic rings. The van der Waals surface area contributed by atoms with Crippen LogP contribution in [-0.4, -0.2) is 34.4 Å². The van der Waals surface area contributed by atoms with Crippen LogP contribution in [0, 0.1) is 5.92 Å². The Kier molecular flexibility index (Phi) is 2.89. The van der Waals surface area contributed by atoms with E-state index in [-0.39, 0.29) is 11.7 Å². The van der Waals surface area contributed by atoms with Gasteiger partial charge in [0, 0.05) is 23.7 Å². The predicted octanol–water partition coefficient (Wildman–Crippen LogP) is 1.41. The van der Waals surface area contributed by atoms with Gasteiger partial charge in [-0.3, -0.25) is 4.79 Å². The summed E-state index contributed by atoms with van der Waals surface area (Å²) in [6, 6.07) is 7.32. The number of hydrogen-bond acceptors (Lipinski definition) is 3. The Hall–Kier alpha value is -2.04. The molecule has 2 unspecified atom stereocenters. The Bertz CT molecular complexity index is 524. The minimum atomic E-state index is 0.0548. The van der Waals surface area contributed by atoms with Crippen molar-refractivity contribution in [1.29, 1.82) is 0 Å². The number of fused-ring (bicyclic) bond motifs is 2. The molecule has 2 bridgehead atoms. The zero-order chi connectivity index (χ0) is 13.4. The molecule has 2 aliphatic rings. The zero-order valence-corrected chi connectivity index (χ0v) is 10.6. The molecule has 1 aliphatic carbocycles. The topological polar surface area (TPSA) is 78.9 Å². The molecule has 3 rings (SSSR count). The monoisotopic (exact) mass is 259 g/mol. The van der Waals surface area contributed by atoms with Crippen molar-refractivity contribution >= 4 is 11.7 Å². The smallest absolute Gasteiger partial charge is 0.254 e. The first-order valence-corrected chi connectivity index (χ1v) is 6.58. The molecular formula is C14H17N3O2. The van der Waals surface area contributed by atoms with Gasteiger partial charge in [0.1, 0.15) is 0 Å². The molecule has 5 heteroatoms. The molecule has 0 spiro atoms. The molecule has 1 amide bonds. The van der Waals surface area contributed by atoms with Crippen LogP contribution >= 0.6 is 0 Å². The maximum atomic E-state index is 12.4. The second kappa shape index (κ2) is 4.57. The lowest BCUT2D eigenvalue weighted by atomic mass is 10.1. The molecule has 1 saturated carbocycles. The number of carbonyl (C=O) groups is 1. The first kappa shape index (κ1) is 12.0. The Morgan fingerprint density at radius 2 is 1.95 bits per heavy atom. The largest absolute Gasteiger partial charge is 0.409 e. The predicted molar refractivity (Wildman–Crippen MR) is 71.1 cm³/mol. The van der Waals surface area contributed by atoms with Crippen LogP contribution in [0.25, 0.3) is 0 Å². The van der Waals surface area contributed by atoms with Crippen LogP contribution in [0.2, 0.25) is 0 Å². The van der Waals surface area contributed by atoms with Gasteiger partial charge in [0.2, 0.25) is 0 Å². The molecule has 3 N–H and O–H groups in total. The van der Waals surface area contributed by atoms with Gasteiger partial charge in [-0.05, 0) is 37.3 Å². The second-order valence-electron chi connectivity index (χ2n) is 5.35. The number of nitrogens with two attached hydrogens (primary N) is 1. The van der Waals surface area contributed by atoms with Crippen LogP contribution in [-0.2, 0) is 0 Å². The van der Waals surface area contributed by atoms with Crippen LogP contribution in [0.15, 0.2) is 29.4 Å². The average Bonchev–Trinajstić information content (AvgIpc) is 3.08. The number of rotatable bonds is 2. The van der Waals surface area contributed by atoms with E-state index < -0.39 is 0 Å². The second-order valence-corrected chi connectivity index (χ2v) is 5.35. The summed E-state index contributed by atoms with van der Waals surface area (Å²) in [6.07, 6.45) is 3.56. The van der Waals surface area contributed by atoms with Gasteiger partial charge in [-0.25, -0.2) is 0 Å². The van der Waals surface area contributed by atoms with E-state index in [2.05, 4.69) is 5.16 Å². The highest BCUT2D eigenvalue weighted by Crippen LogP contribution is 2.38. The number of piperidine rings is 1. The third-order valence-electron chi connectivity index (χ3n) is 4.21. The van der Waals surface area contributed by atoms with E-state index in [4.69, 9.17) is 10.9 Å². The Morgan fingerprint density at radius 1 is 1.26 bits per heavy atom. The SMILES string of the molecule is N/C(=N/O)c1ccc(C(=O)N2CC3CCC2C3)cc1. The van der Waals surface area contributed by atoms with Gasteiger partial charge in [-0.15, -0.1) is 0 Å². The molecule has 1 saturated heterocycles. The highest BCUT2D eigenvalue weighted by molar-refractivity contribution is 5.99. The number of carbonyl (C=O) groups excluding carboxylic acids is 1. The fraction of sp³-hybridized carbons (Fsp3) is 0.429. The summed E-state index contributed by atoms with van der Waals surface area (Å²) in [5, 5.41) is 11.5. The summed E-state index contributed by atoms with van der Waals surface area (Å²) in [5.41, 5.74) is 6.78. The number of likely N-dealkylation sites (tertiary alicyclic amines) is 1. The Balaban J connectivity index is 1.77.